The molecule has 1 heterocycles. The van der Waals surface area contributed by atoms with E-state index in [4.69, 9.17) is 5.14 Å². The highest BCUT2D eigenvalue weighted by Gasteiger charge is 2.23. The Labute approximate surface area is 114 Å². The number of rotatable bonds is 7. The van der Waals surface area contributed by atoms with Crippen LogP contribution in [0.15, 0.2) is 12.7 Å². The van der Waals surface area contributed by atoms with Gasteiger partial charge >= 0.3 is 0 Å². The third kappa shape index (κ3) is 6.67. The first-order chi connectivity index (χ1) is 8.92. The molecule has 0 bridgehead atoms. The fraction of sp³-hybridized carbons (Fsp3) is 0.727. The molecule has 0 aromatic carbocycles. The van der Waals surface area contributed by atoms with E-state index >= 15 is 0 Å². The third-order valence-electron chi connectivity index (χ3n) is 3.01. The minimum absolute atomic E-state index is 0.0298. The molecule has 1 saturated heterocycles. The number of carbonyl (C=O) groups excluding carboxylic acids is 1. The summed E-state index contributed by atoms with van der Waals surface area (Å²) in [5.41, 5.74) is 0. The van der Waals surface area contributed by atoms with Crippen LogP contribution in [0.3, 0.4) is 0 Å². The molecule has 0 radical (unpaired) electrons. The van der Waals surface area contributed by atoms with Crippen molar-refractivity contribution in [1.82, 2.24) is 14.9 Å². The summed E-state index contributed by atoms with van der Waals surface area (Å²) < 4.78 is 23.9. The molecule has 0 aromatic rings. The molecule has 0 saturated carbocycles. The Morgan fingerprint density at radius 2 is 2.26 bits per heavy atom. The Hall–Kier alpha value is -0.960. The predicted molar refractivity (Wildman–Crippen MR) is 73.5 cm³/mol. The summed E-state index contributed by atoms with van der Waals surface area (Å²) in [6.45, 7) is 6.01. The zero-order chi connectivity index (χ0) is 14.3. The molecular formula is C11H22N4O3S. The largest absolute Gasteiger partial charge is 0.341 e. The summed E-state index contributed by atoms with van der Waals surface area (Å²) >= 11 is 0. The molecule has 1 fully saturated rings. The lowest BCUT2D eigenvalue weighted by Gasteiger charge is -2.32. The number of nitrogens with two attached hydrogens (primary N) is 1. The second kappa shape index (κ2) is 7.59. The first-order valence-corrected chi connectivity index (χ1v) is 7.84. The van der Waals surface area contributed by atoms with Gasteiger partial charge in [0.05, 0.1) is 6.54 Å². The Morgan fingerprint density at radius 1 is 1.53 bits per heavy atom. The molecule has 1 aliphatic rings. The summed E-state index contributed by atoms with van der Waals surface area (Å²) in [6, 6.07) is 0. The van der Waals surface area contributed by atoms with Crippen LogP contribution in [-0.4, -0.2) is 51.9 Å². The van der Waals surface area contributed by atoms with Crippen LogP contribution in [0.4, 0.5) is 0 Å². The van der Waals surface area contributed by atoms with Gasteiger partial charge in [-0.25, -0.2) is 9.86 Å². The predicted octanol–water partition coefficient (Wildman–Crippen LogP) is -1.21. The molecule has 1 aliphatic heterocycles. The van der Waals surface area contributed by atoms with Gasteiger partial charge in [0.15, 0.2) is 0 Å². The summed E-state index contributed by atoms with van der Waals surface area (Å²) in [7, 11) is -3.66. The molecule has 1 atom stereocenters. The molecule has 7 nitrogen and oxygen atoms in total. The van der Waals surface area contributed by atoms with Crippen LogP contribution in [0, 0.1) is 5.92 Å². The Bertz CT molecular complexity index is 410. The molecule has 0 aliphatic carbocycles. The van der Waals surface area contributed by atoms with Gasteiger partial charge in [0, 0.05) is 26.2 Å². The van der Waals surface area contributed by atoms with E-state index in [1.54, 1.807) is 11.0 Å². The molecule has 1 amide bonds. The highest BCUT2D eigenvalue weighted by Crippen LogP contribution is 2.15. The minimum atomic E-state index is -3.66. The second-order valence-electron chi connectivity index (χ2n) is 4.66. The van der Waals surface area contributed by atoms with Gasteiger partial charge in [-0.15, -0.1) is 6.58 Å². The van der Waals surface area contributed by atoms with Gasteiger partial charge in [0.25, 0.3) is 10.2 Å². The topological polar surface area (TPSA) is 105 Å². The minimum Gasteiger partial charge on any atom is -0.341 e. The van der Waals surface area contributed by atoms with Crippen molar-refractivity contribution in [2.75, 3.05) is 32.7 Å². The van der Waals surface area contributed by atoms with Crippen LogP contribution >= 0.6 is 0 Å². The van der Waals surface area contributed by atoms with E-state index in [2.05, 4.69) is 16.6 Å². The van der Waals surface area contributed by atoms with Gasteiger partial charge in [-0.2, -0.15) is 8.42 Å². The van der Waals surface area contributed by atoms with Crippen molar-refractivity contribution in [2.45, 2.75) is 12.8 Å². The first kappa shape index (κ1) is 16.1. The van der Waals surface area contributed by atoms with Crippen molar-refractivity contribution in [3.8, 4) is 0 Å². The van der Waals surface area contributed by atoms with Crippen LogP contribution in [0.2, 0.25) is 0 Å². The van der Waals surface area contributed by atoms with E-state index in [1.165, 1.54) is 0 Å². The average molecular weight is 290 g/mol. The van der Waals surface area contributed by atoms with Crippen LogP contribution in [0.25, 0.3) is 0 Å². The highest BCUT2D eigenvalue weighted by atomic mass is 32.2. The average Bonchev–Trinajstić information content (AvgIpc) is 2.36. The highest BCUT2D eigenvalue weighted by molar-refractivity contribution is 7.87. The molecular weight excluding hydrogens is 268 g/mol. The maximum Gasteiger partial charge on any atom is 0.274 e. The summed E-state index contributed by atoms with van der Waals surface area (Å²) in [4.78, 5) is 13.6. The van der Waals surface area contributed by atoms with Crippen molar-refractivity contribution in [3.63, 3.8) is 0 Å². The Morgan fingerprint density at radius 3 is 2.89 bits per heavy atom. The van der Waals surface area contributed by atoms with Crippen LogP contribution in [0.1, 0.15) is 12.8 Å². The van der Waals surface area contributed by atoms with Gasteiger partial charge in [0.1, 0.15) is 0 Å². The lowest BCUT2D eigenvalue weighted by Crippen LogP contribution is -2.47. The van der Waals surface area contributed by atoms with Crippen LogP contribution in [-0.2, 0) is 15.0 Å². The van der Waals surface area contributed by atoms with Crippen molar-refractivity contribution in [1.29, 1.82) is 0 Å². The molecule has 0 aromatic heterocycles. The first-order valence-electron chi connectivity index (χ1n) is 6.29. The van der Waals surface area contributed by atoms with Gasteiger partial charge in [-0.05, 0) is 18.8 Å². The quantitative estimate of drug-likeness (QED) is 0.404. The second-order valence-corrected chi connectivity index (χ2v) is 6.04. The van der Waals surface area contributed by atoms with Gasteiger partial charge < -0.3 is 10.2 Å². The number of nitrogens with one attached hydrogen (secondary N) is 2. The zero-order valence-corrected chi connectivity index (χ0v) is 11.8. The van der Waals surface area contributed by atoms with Gasteiger partial charge in [-0.1, -0.05) is 6.08 Å². The van der Waals surface area contributed by atoms with E-state index in [1.807, 2.05) is 0 Å². The number of hydrogen-bond acceptors (Lipinski definition) is 4. The van der Waals surface area contributed by atoms with E-state index in [0.29, 0.717) is 13.1 Å². The van der Waals surface area contributed by atoms with E-state index in [-0.39, 0.29) is 24.9 Å². The van der Waals surface area contributed by atoms with Crippen molar-refractivity contribution in [2.24, 2.45) is 11.1 Å². The lowest BCUT2D eigenvalue weighted by atomic mass is 9.98. The molecule has 8 heteroatoms. The van der Waals surface area contributed by atoms with Crippen LogP contribution in [0.5, 0.6) is 0 Å². The third-order valence-corrected chi connectivity index (χ3v) is 3.58. The smallest absolute Gasteiger partial charge is 0.274 e. The zero-order valence-electron chi connectivity index (χ0n) is 11.0. The maximum absolute atomic E-state index is 11.9. The molecule has 1 unspecified atom stereocenters. The summed E-state index contributed by atoms with van der Waals surface area (Å²) in [5.74, 6) is 0.151. The van der Waals surface area contributed by atoms with Crippen molar-refractivity contribution in [3.05, 3.63) is 12.7 Å². The van der Waals surface area contributed by atoms with Crippen molar-refractivity contribution < 1.29 is 13.2 Å². The molecule has 1 rings (SSSR count). The number of piperidine rings is 1. The van der Waals surface area contributed by atoms with E-state index in [0.717, 1.165) is 19.4 Å². The molecule has 19 heavy (non-hydrogen) atoms. The normalized spacial score (nSPS) is 20.3. The summed E-state index contributed by atoms with van der Waals surface area (Å²) in [5, 5.41) is 7.85. The summed E-state index contributed by atoms with van der Waals surface area (Å²) in [6.07, 6.45) is 3.47. The van der Waals surface area contributed by atoms with E-state index < -0.39 is 10.2 Å². The SMILES string of the molecule is C=CCNCC(=O)N1CCCC(CNS(N)(=O)=O)C1. The Kier molecular flexibility index (Phi) is 6.43. The standard InChI is InChI=1S/C11H22N4O3S/c1-2-5-13-8-11(16)15-6-3-4-10(9-15)7-14-19(12,17)18/h2,10,13-14H,1,3-9H2,(H2,12,17,18). The number of nitrogens with zero attached hydrogens (tertiary/aromatic N) is 1. The number of carbonyl (C=O) groups is 1. The number of hydrogen-bond donors (Lipinski definition) is 3. The fourth-order valence-electron chi connectivity index (χ4n) is 2.09. The number of amides is 1. The molecule has 110 valence electrons. The van der Waals surface area contributed by atoms with Crippen molar-refractivity contribution >= 4 is 16.1 Å². The fourth-order valence-corrected chi connectivity index (χ4v) is 2.55. The van der Waals surface area contributed by atoms with E-state index in [9.17, 15) is 13.2 Å². The lowest BCUT2D eigenvalue weighted by molar-refractivity contribution is -0.131. The Balaban J connectivity index is 2.36. The van der Waals surface area contributed by atoms with Crippen LogP contribution < -0.4 is 15.2 Å². The monoisotopic (exact) mass is 290 g/mol. The maximum atomic E-state index is 11.9. The number of likely N-dealkylation sites (tertiary alicyclic amines) is 1. The molecule has 4 N–H and O–H groups in total. The molecule has 0 spiro atoms. The van der Waals surface area contributed by atoms with Gasteiger partial charge in [-0.3, -0.25) is 4.79 Å². The van der Waals surface area contributed by atoms with Gasteiger partial charge in [0.2, 0.25) is 5.91 Å².